The first-order valence-corrected chi connectivity index (χ1v) is 7.91. The highest BCUT2D eigenvalue weighted by Crippen LogP contribution is 2.32. The Morgan fingerprint density at radius 2 is 1.61 bits per heavy atom. The first-order valence-electron chi connectivity index (χ1n) is 7.54. The molecule has 23 heavy (non-hydrogen) atoms. The number of carbonyl (C=O) groups is 1. The van der Waals surface area contributed by atoms with Crippen LogP contribution in [0.1, 0.15) is 18.1 Å². The fraction of sp³-hybridized carbons (Fsp3) is 0.150. The van der Waals surface area contributed by atoms with Gasteiger partial charge in [0.2, 0.25) is 5.91 Å². The van der Waals surface area contributed by atoms with Crippen LogP contribution in [0.25, 0.3) is 10.8 Å². The van der Waals surface area contributed by atoms with Crippen LogP contribution in [0.15, 0.2) is 66.7 Å². The minimum absolute atomic E-state index is 0.237. The molecule has 0 bridgehead atoms. The molecule has 1 unspecified atom stereocenters. The van der Waals surface area contributed by atoms with Crippen molar-refractivity contribution in [3.05, 3.63) is 77.9 Å². The van der Waals surface area contributed by atoms with Gasteiger partial charge in [-0.15, -0.1) is 11.6 Å². The molecule has 1 N–H and O–H groups in total. The maximum atomic E-state index is 12.7. The summed E-state index contributed by atoms with van der Waals surface area (Å²) in [5, 5.41) is 5.05. The molecule has 3 heteroatoms. The molecule has 0 aliphatic heterocycles. The molecule has 1 amide bonds. The summed E-state index contributed by atoms with van der Waals surface area (Å²) in [6.07, 6.45) is 0. The lowest BCUT2D eigenvalue weighted by atomic mass is 9.98. The maximum absolute atomic E-state index is 12.7. The number of hydrogen-bond acceptors (Lipinski definition) is 1. The molecule has 0 saturated heterocycles. The zero-order valence-electron chi connectivity index (χ0n) is 13.1. The van der Waals surface area contributed by atoms with Crippen LogP contribution < -0.4 is 5.32 Å². The Balaban J connectivity index is 1.92. The van der Waals surface area contributed by atoms with Gasteiger partial charge < -0.3 is 5.32 Å². The highest BCUT2D eigenvalue weighted by molar-refractivity contribution is 6.36. The van der Waals surface area contributed by atoms with E-state index in [9.17, 15) is 4.79 Å². The van der Waals surface area contributed by atoms with Crippen LogP contribution in [0, 0.1) is 6.92 Å². The van der Waals surface area contributed by atoms with Crippen molar-refractivity contribution in [2.45, 2.75) is 18.7 Å². The summed E-state index contributed by atoms with van der Waals surface area (Å²) in [7, 11) is 0. The minimum Gasteiger partial charge on any atom is -0.324 e. The lowest BCUT2D eigenvalue weighted by Crippen LogP contribution is -2.32. The maximum Gasteiger partial charge on any atom is 0.249 e. The van der Waals surface area contributed by atoms with Gasteiger partial charge in [0.05, 0.1) is 0 Å². The van der Waals surface area contributed by atoms with Gasteiger partial charge in [-0.25, -0.2) is 0 Å². The van der Waals surface area contributed by atoms with Crippen LogP contribution >= 0.6 is 11.6 Å². The van der Waals surface area contributed by atoms with Crippen molar-refractivity contribution in [2.24, 2.45) is 0 Å². The number of benzene rings is 3. The van der Waals surface area contributed by atoms with Gasteiger partial charge in [0.25, 0.3) is 0 Å². The second-order valence-electron chi connectivity index (χ2n) is 5.85. The van der Waals surface area contributed by atoms with Gasteiger partial charge >= 0.3 is 0 Å². The van der Waals surface area contributed by atoms with Crippen LogP contribution in [-0.2, 0) is 9.67 Å². The fourth-order valence-corrected chi connectivity index (χ4v) is 2.74. The number of rotatable bonds is 3. The average Bonchev–Trinajstić information content (AvgIpc) is 2.55. The Kier molecular flexibility index (Phi) is 4.10. The largest absolute Gasteiger partial charge is 0.324 e. The van der Waals surface area contributed by atoms with Gasteiger partial charge in [0, 0.05) is 11.1 Å². The Morgan fingerprint density at radius 1 is 0.957 bits per heavy atom. The summed E-state index contributed by atoms with van der Waals surface area (Å²) in [6.45, 7) is 3.73. The van der Waals surface area contributed by atoms with E-state index in [1.807, 2.05) is 73.7 Å². The quantitative estimate of drug-likeness (QED) is 0.656. The molecule has 3 aromatic rings. The van der Waals surface area contributed by atoms with Crippen LogP contribution in [0.4, 0.5) is 5.69 Å². The number of anilines is 1. The Morgan fingerprint density at radius 3 is 2.35 bits per heavy atom. The van der Waals surface area contributed by atoms with Crippen molar-refractivity contribution in [1.29, 1.82) is 0 Å². The molecule has 0 aromatic heterocycles. The third kappa shape index (κ3) is 3.08. The van der Waals surface area contributed by atoms with Gasteiger partial charge in [0.1, 0.15) is 4.87 Å². The van der Waals surface area contributed by atoms with Gasteiger partial charge in [-0.1, -0.05) is 66.2 Å². The minimum atomic E-state index is -1.12. The monoisotopic (exact) mass is 323 g/mol. The average molecular weight is 324 g/mol. The van der Waals surface area contributed by atoms with Gasteiger partial charge in [-0.3, -0.25) is 4.79 Å². The number of fused-ring (bicyclic) bond motifs is 1. The molecular weight excluding hydrogens is 306 g/mol. The second-order valence-corrected chi connectivity index (χ2v) is 6.61. The van der Waals surface area contributed by atoms with Crippen molar-refractivity contribution in [1.82, 2.24) is 0 Å². The summed E-state index contributed by atoms with van der Waals surface area (Å²) in [5.74, 6) is -0.237. The molecule has 0 fully saturated rings. The molecular formula is C20H18ClNO. The van der Waals surface area contributed by atoms with E-state index in [-0.39, 0.29) is 5.91 Å². The lowest BCUT2D eigenvalue weighted by Gasteiger charge is -2.22. The molecule has 0 saturated carbocycles. The van der Waals surface area contributed by atoms with E-state index in [1.54, 1.807) is 6.92 Å². The van der Waals surface area contributed by atoms with E-state index in [0.29, 0.717) is 0 Å². The first kappa shape index (κ1) is 15.6. The predicted octanol–water partition coefficient (Wildman–Crippen LogP) is 5.24. The topological polar surface area (TPSA) is 29.1 Å². The van der Waals surface area contributed by atoms with Crippen LogP contribution in [-0.4, -0.2) is 5.91 Å². The third-order valence-electron chi connectivity index (χ3n) is 4.06. The zero-order chi connectivity index (χ0) is 16.4. The molecule has 1 atom stereocenters. The summed E-state index contributed by atoms with van der Waals surface area (Å²) < 4.78 is 0. The summed E-state index contributed by atoms with van der Waals surface area (Å²) in [5.41, 5.74) is 2.69. The predicted molar refractivity (Wildman–Crippen MR) is 97.0 cm³/mol. The molecule has 0 aliphatic carbocycles. The van der Waals surface area contributed by atoms with Crippen LogP contribution in [0.5, 0.6) is 0 Å². The molecule has 3 rings (SSSR count). The lowest BCUT2D eigenvalue weighted by molar-refractivity contribution is -0.118. The zero-order valence-corrected chi connectivity index (χ0v) is 13.9. The van der Waals surface area contributed by atoms with Crippen molar-refractivity contribution in [3.63, 3.8) is 0 Å². The van der Waals surface area contributed by atoms with E-state index in [0.717, 1.165) is 27.6 Å². The summed E-state index contributed by atoms with van der Waals surface area (Å²) in [4.78, 5) is 11.6. The molecule has 3 aromatic carbocycles. The smallest absolute Gasteiger partial charge is 0.249 e. The number of carbonyl (C=O) groups excluding carboxylic acids is 1. The summed E-state index contributed by atoms with van der Waals surface area (Å²) >= 11 is 6.55. The number of aryl methyl sites for hydroxylation is 1. The van der Waals surface area contributed by atoms with E-state index in [2.05, 4.69) is 5.32 Å². The van der Waals surface area contributed by atoms with Crippen molar-refractivity contribution in [2.75, 3.05) is 5.32 Å². The van der Waals surface area contributed by atoms with E-state index in [4.69, 9.17) is 11.6 Å². The van der Waals surface area contributed by atoms with Gasteiger partial charge in [-0.05, 0) is 30.9 Å². The Labute approximate surface area is 141 Å². The third-order valence-corrected chi connectivity index (χ3v) is 4.45. The second kappa shape index (κ2) is 6.05. The van der Waals surface area contributed by atoms with E-state index in [1.165, 1.54) is 0 Å². The summed E-state index contributed by atoms with van der Waals surface area (Å²) in [6, 6.07) is 21.5. The Hall–Kier alpha value is -2.32. The highest BCUT2D eigenvalue weighted by atomic mass is 35.5. The number of amides is 1. The van der Waals surface area contributed by atoms with Crippen molar-refractivity contribution < 1.29 is 4.79 Å². The van der Waals surface area contributed by atoms with Crippen LogP contribution in [0.3, 0.4) is 0 Å². The Bertz CT molecular complexity index is 848. The van der Waals surface area contributed by atoms with E-state index >= 15 is 0 Å². The fourth-order valence-electron chi connectivity index (χ4n) is 2.57. The molecule has 0 heterocycles. The van der Waals surface area contributed by atoms with Gasteiger partial charge in [0.15, 0.2) is 0 Å². The molecule has 2 nitrogen and oxygen atoms in total. The van der Waals surface area contributed by atoms with Crippen LogP contribution in [0.2, 0.25) is 0 Å². The standard InChI is InChI=1S/C20H18ClNO/c1-14-10-12-16(13-11-14)20(2,21)19(23)22-18-9-5-7-15-6-3-4-8-17(15)18/h3-13H,1-2H3,(H,22,23). The van der Waals surface area contributed by atoms with E-state index < -0.39 is 4.87 Å². The highest BCUT2D eigenvalue weighted by Gasteiger charge is 2.32. The SMILES string of the molecule is Cc1ccc(C(C)(Cl)C(=O)Nc2cccc3ccccc23)cc1. The van der Waals surface area contributed by atoms with Gasteiger partial charge in [-0.2, -0.15) is 0 Å². The molecule has 0 spiro atoms. The molecule has 116 valence electrons. The molecule has 0 radical (unpaired) electrons. The normalized spacial score (nSPS) is 13.5. The molecule has 0 aliphatic rings. The van der Waals surface area contributed by atoms with Crippen molar-refractivity contribution in [3.8, 4) is 0 Å². The number of alkyl halides is 1. The number of hydrogen-bond donors (Lipinski definition) is 1. The number of halogens is 1. The van der Waals surface area contributed by atoms with Crippen molar-refractivity contribution >= 4 is 34.0 Å². The number of nitrogens with one attached hydrogen (secondary N) is 1. The first-order chi connectivity index (χ1) is 11.0.